The molecule has 0 N–H and O–H groups in total. The highest BCUT2D eigenvalue weighted by Crippen LogP contribution is 2.28. The van der Waals surface area contributed by atoms with E-state index in [-0.39, 0.29) is 5.75 Å². The first-order chi connectivity index (χ1) is 10.7. The van der Waals surface area contributed by atoms with Gasteiger partial charge in [-0.1, -0.05) is 44.7 Å². The first kappa shape index (κ1) is 17.2. The van der Waals surface area contributed by atoms with Gasteiger partial charge in [0.1, 0.15) is 5.75 Å². The molecule has 0 amide bonds. The third-order valence-electron chi connectivity index (χ3n) is 3.81. The molecule has 1 saturated heterocycles. The smallest absolute Gasteiger partial charge is 0.387 e. The van der Waals surface area contributed by atoms with Gasteiger partial charge >= 0.3 is 6.61 Å². The number of hydrogen-bond donors (Lipinski definition) is 0. The van der Waals surface area contributed by atoms with Crippen molar-refractivity contribution < 1.29 is 23.0 Å². The number of rotatable bonds is 8. The Labute approximate surface area is 130 Å². The molecule has 0 aliphatic carbocycles. The van der Waals surface area contributed by atoms with Crippen molar-refractivity contribution in [3.05, 3.63) is 29.8 Å². The molecule has 0 atom stereocenters. The predicted molar refractivity (Wildman–Crippen MR) is 80.0 cm³/mol. The zero-order chi connectivity index (χ0) is 15.8. The highest BCUT2D eigenvalue weighted by atomic mass is 19.3. The van der Waals surface area contributed by atoms with Crippen molar-refractivity contribution in [3.63, 3.8) is 0 Å². The quantitative estimate of drug-likeness (QED) is 0.637. The molecular weight excluding hydrogens is 290 g/mol. The average Bonchev–Trinajstić information content (AvgIpc) is 2.52. The van der Waals surface area contributed by atoms with Gasteiger partial charge in [0.25, 0.3) is 0 Å². The highest BCUT2D eigenvalue weighted by molar-refractivity contribution is 5.28. The summed E-state index contributed by atoms with van der Waals surface area (Å²) >= 11 is 0. The van der Waals surface area contributed by atoms with Gasteiger partial charge in [-0.05, 0) is 18.6 Å². The zero-order valence-corrected chi connectivity index (χ0v) is 13.0. The molecule has 0 radical (unpaired) electrons. The van der Waals surface area contributed by atoms with E-state index in [1.54, 1.807) is 12.1 Å². The molecule has 1 aromatic rings. The van der Waals surface area contributed by atoms with Crippen LogP contribution in [0.3, 0.4) is 0 Å². The number of hydrogen-bond acceptors (Lipinski definition) is 3. The third kappa shape index (κ3) is 5.54. The van der Waals surface area contributed by atoms with Crippen molar-refractivity contribution in [2.75, 3.05) is 13.2 Å². The van der Waals surface area contributed by atoms with E-state index in [1.807, 2.05) is 0 Å². The van der Waals surface area contributed by atoms with Gasteiger partial charge in [0, 0.05) is 11.5 Å². The molecule has 2 rings (SSSR count). The maximum atomic E-state index is 12.1. The molecule has 5 heteroatoms. The Balaban J connectivity index is 1.74. The minimum Gasteiger partial charge on any atom is -0.435 e. The van der Waals surface area contributed by atoms with Gasteiger partial charge in [-0.3, -0.25) is 0 Å². The van der Waals surface area contributed by atoms with E-state index in [4.69, 9.17) is 9.47 Å². The predicted octanol–water partition coefficient (Wildman–Crippen LogP) is 4.92. The fourth-order valence-corrected chi connectivity index (χ4v) is 2.57. The van der Waals surface area contributed by atoms with Crippen molar-refractivity contribution in [1.82, 2.24) is 0 Å². The van der Waals surface area contributed by atoms with Crippen LogP contribution in [0.4, 0.5) is 8.78 Å². The Morgan fingerprint density at radius 1 is 1.09 bits per heavy atom. The molecule has 0 aromatic heterocycles. The van der Waals surface area contributed by atoms with E-state index >= 15 is 0 Å². The van der Waals surface area contributed by atoms with Crippen LogP contribution in [0, 0.1) is 5.92 Å². The van der Waals surface area contributed by atoms with Crippen LogP contribution in [0.1, 0.15) is 50.9 Å². The summed E-state index contributed by atoms with van der Waals surface area (Å²) in [5.41, 5.74) is 0.825. The molecular formula is C17H24F2O3. The van der Waals surface area contributed by atoms with E-state index < -0.39 is 12.9 Å². The zero-order valence-electron chi connectivity index (χ0n) is 13.0. The Morgan fingerprint density at radius 3 is 2.36 bits per heavy atom. The molecule has 1 aliphatic heterocycles. The summed E-state index contributed by atoms with van der Waals surface area (Å²) in [6.07, 6.45) is 5.73. The Morgan fingerprint density at radius 2 is 1.77 bits per heavy atom. The molecule has 3 nitrogen and oxygen atoms in total. The van der Waals surface area contributed by atoms with Crippen LogP contribution in [-0.2, 0) is 9.47 Å². The minimum atomic E-state index is -2.80. The Hall–Kier alpha value is -1.20. The molecule has 1 aromatic carbocycles. The molecule has 0 bridgehead atoms. The van der Waals surface area contributed by atoms with Gasteiger partial charge in [0.05, 0.1) is 13.2 Å². The largest absolute Gasteiger partial charge is 0.435 e. The lowest BCUT2D eigenvalue weighted by molar-refractivity contribution is -0.206. The first-order valence-corrected chi connectivity index (χ1v) is 7.97. The number of unbranched alkanes of at least 4 members (excludes halogenated alkanes) is 3. The number of ether oxygens (including phenoxy) is 3. The van der Waals surface area contributed by atoms with Crippen molar-refractivity contribution in [3.8, 4) is 5.75 Å². The normalized spacial score (nSPS) is 22.0. The fourth-order valence-electron chi connectivity index (χ4n) is 2.57. The van der Waals surface area contributed by atoms with Crippen LogP contribution in [0.15, 0.2) is 24.3 Å². The molecule has 0 unspecified atom stereocenters. The second kappa shape index (κ2) is 9.06. The summed E-state index contributed by atoms with van der Waals surface area (Å²) in [6.45, 7) is 0.772. The van der Waals surface area contributed by atoms with Crippen LogP contribution >= 0.6 is 0 Å². The van der Waals surface area contributed by atoms with Crippen LogP contribution in [-0.4, -0.2) is 19.8 Å². The van der Waals surface area contributed by atoms with Crippen LogP contribution in [0.5, 0.6) is 5.75 Å². The topological polar surface area (TPSA) is 27.7 Å². The van der Waals surface area contributed by atoms with Crippen LogP contribution in [0.2, 0.25) is 0 Å². The SMILES string of the molecule is CCCCCCC1COC(c2ccc(OC(F)F)cc2)OC1. The van der Waals surface area contributed by atoms with Crippen LogP contribution < -0.4 is 4.74 Å². The monoisotopic (exact) mass is 314 g/mol. The summed E-state index contributed by atoms with van der Waals surface area (Å²) in [6, 6.07) is 6.41. The van der Waals surface area contributed by atoms with Crippen LogP contribution in [0.25, 0.3) is 0 Å². The fraction of sp³-hybridized carbons (Fsp3) is 0.647. The molecule has 124 valence electrons. The van der Waals surface area contributed by atoms with E-state index in [2.05, 4.69) is 11.7 Å². The standard InChI is InChI=1S/C17H24F2O3/c1-2-3-4-5-6-13-11-20-16(21-12-13)14-7-9-15(10-8-14)22-17(18)19/h7-10,13,16-17H,2-6,11-12H2,1H3. The van der Waals surface area contributed by atoms with Crippen molar-refractivity contribution in [2.45, 2.75) is 51.9 Å². The van der Waals surface area contributed by atoms with E-state index in [0.717, 1.165) is 12.0 Å². The van der Waals surface area contributed by atoms with Gasteiger partial charge in [-0.25, -0.2) is 0 Å². The summed E-state index contributed by atoms with van der Waals surface area (Å²) < 4.78 is 40.0. The molecule has 1 fully saturated rings. The summed E-state index contributed by atoms with van der Waals surface area (Å²) in [5, 5.41) is 0. The average molecular weight is 314 g/mol. The maximum Gasteiger partial charge on any atom is 0.387 e. The summed E-state index contributed by atoms with van der Waals surface area (Å²) in [7, 11) is 0. The first-order valence-electron chi connectivity index (χ1n) is 7.97. The minimum absolute atomic E-state index is 0.142. The maximum absolute atomic E-state index is 12.1. The molecule has 0 saturated carbocycles. The van der Waals surface area contributed by atoms with Gasteiger partial charge < -0.3 is 14.2 Å². The molecule has 22 heavy (non-hydrogen) atoms. The number of alkyl halides is 2. The van der Waals surface area contributed by atoms with Crippen molar-refractivity contribution >= 4 is 0 Å². The number of halogens is 2. The Bertz CT molecular complexity index is 414. The van der Waals surface area contributed by atoms with E-state index in [0.29, 0.717) is 19.1 Å². The Kier molecular flexibility index (Phi) is 7.06. The van der Waals surface area contributed by atoms with E-state index in [1.165, 1.54) is 37.8 Å². The lowest BCUT2D eigenvalue weighted by Crippen LogP contribution is -2.27. The van der Waals surface area contributed by atoms with E-state index in [9.17, 15) is 8.78 Å². The summed E-state index contributed by atoms with van der Waals surface area (Å²) in [4.78, 5) is 0. The van der Waals surface area contributed by atoms with Gasteiger partial charge in [-0.15, -0.1) is 0 Å². The lowest BCUT2D eigenvalue weighted by Gasteiger charge is -2.29. The lowest BCUT2D eigenvalue weighted by atomic mass is 10.0. The molecule has 1 aliphatic rings. The second-order valence-corrected chi connectivity index (χ2v) is 5.66. The molecule has 0 spiro atoms. The van der Waals surface area contributed by atoms with Gasteiger partial charge in [0.2, 0.25) is 0 Å². The van der Waals surface area contributed by atoms with Crippen molar-refractivity contribution in [1.29, 1.82) is 0 Å². The van der Waals surface area contributed by atoms with Crippen molar-refractivity contribution in [2.24, 2.45) is 5.92 Å². The third-order valence-corrected chi connectivity index (χ3v) is 3.81. The number of benzene rings is 1. The van der Waals surface area contributed by atoms with Gasteiger partial charge in [0.15, 0.2) is 6.29 Å². The summed E-state index contributed by atoms with van der Waals surface area (Å²) in [5.74, 6) is 0.595. The molecule has 1 heterocycles. The second-order valence-electron chi connectivity index (χ2n) is 5.66. The van der Waals surface area contributed by atoms with Gasteiger partial charge in [-0.2, -0.15) is 8.78 Å². The highest BCUT2D eigenvalue weighted by Gasteiger charge is 2.23.